The number of aliphatic carboxylic acids is 1. The molecular weight excluding hydrogens is 226 g/mol. The van der Waals surface area contributed by atoms with Gasteiger partial charge in [-0.2, -0.15) is 11.8 Å². The number of carboxylic acids is 1. The fourth-order valence-corrected chi connectivity index (χ4v) is 2.51. The minimum Gasteiger partial charge on any atom is -0.480 e. The van der Waals surface area contributed by atoms with Crippen LogP contribution in [0.1, 0.15) is 38.5 Å². The van der Waals surface area contributed by atoms with E-state index in [4.69, 9.17) is 5.11 Å². The number of carbonyl (C=O) groups is 2. The number of carboxylic acid groups (broad SMARTS) is 1. The first-order valence-corrected chi connectivity index (χ1v) is 7.03. The number of hydrogen-bond donors (Lipinski definition) is 2. The van der Waals surface area contributed by atoms with Crippen LogP contribution in [-0.2, 0) is 9.59 Å². The fourth-order valence-electron chi connectivity index (χ4n) is 2.08. The minimum atomic E-state index is -0.976. The van der Waals surface area contributed by atoms with Crippen molar-refractivity contribution in [2.45, 2.75) is 44.1 Å². The van der Waals surface area contributed by atoms with Crippen LogP contribution in [0.5, 0.6) is 0 Å². The summed E-state index contributed by atoms with van der Waals surface area (Å²) in [7, 11) is 0. The minimum absolute atomic E-state index is 0.127. The lowest BCUT2D eigenvalue weighted by Gasteiger charge is -2.25. The standard InChI is InChI=1S/C11H19NO3S/c1-16-8-4-5-9(13)12-11(10(14)15)6-2-3-7-11/h2-8H2,1H3,(H,12,13)(H,14,15). The average molecular weight is 245 g/mol. The number of nitrogens with one attached hydrogen (secondary N) is 1. The third kappa shape index (κ3) is 3.40. The van der Waals surface area contributed by atoms with Gasteiger partial charge in [0.2, 0.25) is 5.91 Å². The highest BCUT2D eigenvalue weighted by molar-refractivity contribution is 7.98. The molecule has 0 aromatic carbocycles. The van der Waals surface area contributed by atoms with Crippen molar-refractivity contribution < 1.29 is 14.7 Å². The molecule has 0 heterocycles. The molecule has 2 N–H and O–H groups in total. The van der Waals surface area contributed by atoms with E-state index in [1.54, 1.807) is 11.8 Å². The quantitative estimate of drug-likeness (QED) is 0.698. The maximum atomic E-state index is 11.6. The maximum absolute atomic E-state index is 11.6. The molecule has 5 heteroatoms. The highest BCUT2D eigenvalue weighted by Gasteiger charge is 2.42. The fraction of sp³-hybridized carbons (Fsp3) is 0.818. The van der Waals surface area contributed by atoms with Crippen molar-refractivity contribution in [3.63, 3.8) is 0 Å². The number of thioether (sulfide) groups is 1. The first-order valence-electron chi connectivity index (χ1n) is 5.64. The van der Waals surface area contributed by atoms with E-state index in [0.717, 1.165) is 25.0 Å². The third-order valence-electron chi connectivity index (χ3n) is 3.00. The van der Waals surface area contributed by atoms with Gasteiger partial charge < -0.3 is 10.4 Å². The molecule has 1 aliphatic carbocycles. The predicted molar refractivity (Wildman–Crippen MR) is 64.6 cm³/mol. The average Bonchev–Trinajstić information content (AvgIpc) is 2.68. The Morgan fingerprint density at radius 3 is 2.50 bits per heavy atom. The lowest BCUT2D eigenvalue weighted by atomic mass is 9.97. The van der Waals surface area contributed by atoms with Crippen LogP contribution < -0.4 is 5.32 Å². The summed E-state index contributed by atoms with van der Waals surface area (Å²) in [5.41, 5.74) is -0.976. The van der Waals surface area contributed by atoms with E-state index in [1.165, 1.54) is 0 Å². The normalized spacial score (nSPS) is 18.3. The van der Waals surface area contributed by atoms with Crippen molar-refractivity contribution in [3.8, 4) is 0 Å². The summed E-state index contributed by atoms with van der Waals surface area (Å²) in [6, 6.07) is 0. The van der Waals surface area contributed by atoms with E-state index in [9.17, 15) is 9.59 Å². The van der Waals surface area contributed by atoms with Crippen LogP contribution in [0, 0.1) is 0 Å². The molecule has 0 spiro atoms. The van der Waals surface area contributed by atoms with Gasteiger partial charge in [-0.05, 0) is 31.3 Å². The molecule has 92 valence electrons. The molecule has 1 amide bonds. The smallest absolute Gasteiger partial charge is 0.329 e. The van der Waals surface area contributed by atoms with Crippen LogP contribution in [0.4, 0.5) is 0 Å². The monoisotopic (exact) mass is 245 g/mol. The van der Waals surface area contributed by atoms with Gasteiger partial charge in [0.05, 0.1) is 0 Å². The number of carbonyl (C=O) groups excluding carboxylic acids is 1. The van der Waals surface area contributed by atoms with E-state index >= 15 is 0 Å². The van der Waals surface area contributed by atoms with E-state index in [0.29, 0.717) is 19.3 Å². The molecule has 0 radical (unpaired) electrons. The topological polar surface area (TPSA) is 66.4 Å². The van der Waals surface area contributed by atoms with Gasteiger partial charge in [0, 0.05) is 6.42 Å². The molecule has 1 aliphatic rings. The Bertz CT molecular complexity index is 262. The maximum Gasteiger partial charge on any atom is 0.329 e. The third-order valence-corrected chi connectivity index (χ3v) is 3.69. The Kier molecular flexibility index (Phi) is 5.12. The molecule has 0 aromatic heterocycles. The summed E-state index contributed by atoms with van der Waals surface area (Å²) in [5, 5.41) is 11.9. The Hall–Kier alpha value is -0.710. The lowest BCUT2D eigenvalue weighted by Crippen LogP contribution is -2.52. The van der Waals surface area contributed by atoms with Gasteiger partial charge in [0.25, 0.3) is 0 Å². The van der Waals surface area contributed by atoms with E-state index in [-0.39, 0.29) is 5.91 Å². The van der Waals surface area contributed by atoms with Crippen molar-refractivity contribution in [3.05, 3.63) is 0 Å². The van der Waals surface area contributed by atoms with Gasteiger partial charge in [0.1, 0.15) is 5.54 Å². The van der Waals surface area contributed by atoms with Gasteiger partial charge in [-0.3, -0.25) is 4.79 Å². The highest BCUT2D eigenvalue weighted by atomic mass is 32.2. The van der Waals surface area contributed by atoms with Gasteiger partial charge in [-0.25, -0.2) is 4.79 Å². The van der Waals surface area contributed by atoms with E-state index < -0.39 is 11.5 Å². The summed E-state index contributed by atoms with van der Waals surface area (Å²) >= 11 is 1.70. The Morgan fingerprint density at radius 2 is 2.00 bits per heavy atom. The van der Waals surface area contributed by atoms with Crippen molar-refractivity contribution in [2.24, 2.45) is 0 Å². The zero-order valence-corrected chi connectivity index (χ0v) is 10.4. The second-order valence-electron chi connectivity index (χ2n) is 4.24. The number of hydrogen-bond acceptors (Lipinski definition) is 3. The van der Waals surface area contributed by atoms with Crippen molar-refractivity contribution in [2.75, 3.05) is 12.0 Å². The molecule has 16 heavy (non-hydrogen) atoms. The molecule has 0 saturated heterocycles. The summed E-state index contributed by atoms with van der Waals surface area (Å²) in [6.07, 6.45) is 6.13. The SMILES string of the molecule is CSCCCC(=O)NC1(C(=O)O)CCCC1. The van der Waals surface area contributed by atoms with Crippen LogP contribution in [-0.4, -0.2) is 34.5 Å². The highest BCUT2D eigenvalue weighted by Crippen LogP contribution is 2.30. The van der Waals surface area contributed by atoms with Crippen molar-refractivity contribution in [1.29, 1.82) is 0 Å². The van der Waals surface area contributed by atoms with Crippen LogP contribution in [0.2, 0.25) is 0 Å². The summed E-state index contributed by atoms with van der Waals surface area (Å²) in [6.45, 7) is 0. The molecule has 0 unspecified atom stereocenters. The Labute approximate surface area is 100 Å². The molecule has 0 atom stereocenters. The van der Waals surface area contributed by atoms with Crippen LogP contribution in [0.15, 0.2) is 0 Å². The van der Waals surface area contributed by atoms with Crippen molar-refractivity contribution >= 4 is 23.6 Å². The van der Waals surface area contributed by atoms with Crippen LogP contribution in [0.3, 0.4) is 0 Å². The van der Waals surface area contributed by atoms with Gasteiger partial charge >= 0.3 is 5.97 Å². The second kappa shape index (κ2) is 6.13. The zero-order valence-electron chi connectivity index (χ0n) is 9.62. The first-order chi connectivity index (χ1) is 7.60. The van der Waals surface area contributed by atoms with Gasteiger partial charge in [0.15, 0.2) is 0 Å². The largest absolute Gasteiger partial charge is 0.480 e. The molecule has 0 aliphatic heterocycles. The van der Waals surface area contributed by atoms with Crippen LogP contribution >= 0.6 is 11.8 Å². The number of amides is 1. The lowest BCUT2D eigenvalue weighted by molar-refractivity contribution is -0.147. The van der Waals surface area contributed by atoms with Gasteiger partial charge in [-0.15, -0.1) is 0 Å². The van der Waals surface area contributed by atoms with Crippen LogP contribution in [0.25, 0.3) is 0 Å². The Balaban J connectivity index is 2.43. The molecule has 4 nitrogen and oxygen atoms in total. The molecule has 1 fully saturated rings. The summed E-state index contributed by atoms with van der Waals surface area (Å²) in [4.78, 5) is 22.8. The predicted octanol–water partition coefficient (Wildman–Crippen LogP) is 1.64. The Morgan fingerprint density at radius 1 is 1.38 bits per heavy atom. The van der Waals surface area contributed by atoms with E-state index in [2.05, 4.69) is 5.32 Å². The number of rotatable bonds is 6. The molecule has 1 rings (SSSR count). The molecular formula is C11H19NO3S. The molecule has 0 aromatic rings. The summed E-state index contributed by atoms with van der Waals surface area (Å²) in [5.74, 6) is -0.0745. The zero-order chi connectivity index (χ0) is 12.0. The summed E-state index contributed by atoms with van der Waals surface area (Å²) < 4.78 is 0. The second-order valence-corrected chi connectivity index (χ2v) is 5.22. The molecule has 1 saturated carbocycles. The van der Waals surface area contributed by atoms with E-state index in [1.807, 2.05) is 6.26 Å². The first kappa shape index (κ1) is 13.4. The van der Waals surface area contributed by atoms with Gasteiger partial charge in [-0.1, -0.05) is 12.8 Å². The molecule has 0 bridgehead atoms. The van der Waals surface area contributed by atoms with Crippen molar-refractivity contribution in [1.82, 2.24) is 5.32 Å².